The van der Waals surface area contributed by atoms with Crippen LogP contribution in [0.5, 0.6) is 0 Å². The summed E-state index contributed by atoms with van der Waals surface area (Å²) in [5, 5.41) is 8.56. The van der Waals surface area contributed by atoms with Gasteiger partial charge in [0.25, 0.3) is 0 Å². The molecule has 0 radical (unpaired) electrons. The molecular formula is C16H17N3O2S. The molecule has 3 rings (SSSR count). The van der Waals surface area contributed by atoms with E-state index in [1.165, 1.54) is 0 Å². The van der Waals surface area contributed by atoms with Gasteiger partial charge in [0.05, 0.1) is 22.8 Å². The second kappa shape index (κ2) is 5.90. The second-order valence-corrected chi connectivity index (χ2v) is 6.78. The molecule has 0 fully saturated rings. The quantitative estimate of drug-likeness (QED) is 0.760. The Hall–Kier alpha value is -2.18. The first-order valence-corrected chi connectivity index (χ1v) is 8.59. The predicted molar refractivity (Wildman–Crippen MR) is 85.9 cm³/mol. The molecule has 0 unspecified atom stereocenters. The molecule has 0 saturated carbocycles. The zero-order chi connectivity index (χ0) is 15.6. The van der Waals surface area contributed by atoms with Gasteiger partial charge in [-0.15, -0.1) is 0 Å². The van der Waals surface area contributed by atoms with E-state index in [0.29, 0.717) is 4.90 Å². The zero-order valence-electron chi connectivity index (χ0n) is 12.2. The third kappa shape index (κ3) is 2.88. The fourth-order valence-corrected chi connectivity index (χ4v) is 3.60. The summed E-state index contributed by atoms with van der Waals surface area (Å²) >= 11 is 0. The highest BCUT2D eigenvalue weighted by atomic mass is 32.2. The first-order chi connectivity index (χ1) is 10.6. The Morgan fingerprint density at radius 1 is 1.14 bits per heavy atom. The van der Waals surface area contributed by atoms with Gasteiger partial charge in [0.1, 0.15) is 0 Å². The standard InChI is InChI=1S/C16H17N3O2S/c1-2-13-10-14(19-18-13)11-17-22(20,21)16-9-5-7-12-6-3-4-8-15(12)16/h3-10,17H,2,11H2,1H3,(H,18,19). The molecule has 1 aromatic heterocycles. The third-order valence-electron chi connectivity index (χ3n) is 3.54. The molecule has 0 spiro atoms. The van der Waals surface area contributed by atoms with Crippen molar-refractivity contribution in [3.8, 4) is 0 Å². The first-order valence-electron chi connectivity index (χ1n) is 7.11. The van der Waals surface area contributed by atoms with Gasteiger partial charge in [-0.3, -0.25) is 5.10 Å². The monoisotopic (exact) mass is 315 g/mol. The van der Waals surface area contributed by atoms with Gasteiger partial charge >= 0.3 is 0 Å². The molecular weight excluding hydrogens is 298 g/mol. The summed E-state index contributed by atoms with van der Waals surface area (Å²) in [5.74, 6) is 0. The van der Waals surface area contributed by atoms with Gasteiger partial charge < -0.3 is 0 Å². The van der Waals surface area contributed by atoms with Crippen LogP contribution in [0, 0.1) is 0 Å². The fraction of sp³-hybridized carbons (Fsp3) is 0.188. The Morgan fingerprint density at radius 2 is 1.91 bits per heavy atom. The van der Waals surface area contributed by atoms with E-state index in [2.05, 4.69) is 14.9 Å². The van der Waals surface area contributed by atoms with Gasteiger partial charge in [0.2, 0.25) is 10.0 Å². The molecule has 0 aliphatic rings. The highest BCUT2D eigenvalue weighted by Crippen LogP contribution is 2.22. The van der Waals surface area contributed by atoms with Crippen LogP contribution in [0.2, 0.25) is 0 Å². The van der Waals surface area contributed by atoms with E-state index in [-0.39, 0.29) is 6.54 Å². The summed E-state index contributed by atoms with van der Waals surface area (Å²) < 4.78 is 27.7. The number of nitrogens with one attached hydrogen (secondary N) is 2. The van der Waals surface area contributed by atoms with Crippen LogP contribution in [-0.2, 0) is 23.0 Å². The van der Waals surface area contributed by atoms with E-state index in [9.17, 15) is 8.42 Å². The summed E-state index contributed by atoms with van der Waals surface area (Å²) in [6, 6.07) is 14.6. The Bertz CT molecular complexity index is 895. The van der Waals surface area contributed by atoms with E-state index in [1.54, 1.807) is 12.1 Å². The lowest BCUT2D eigenvalue weighted by Gasteiger charge is -2.08. The lowest BCUT2D eigenvalue weighted by molar-refractivity contribution is 0.581. The minimum atomic E-state index is -3.58. The lowest BCUT2D eigenvalue weighted by Crippen LogP contribution is -2.23. The number of nitrogens with zero attached hydrogens (tertiary/aromatic N) is 1. The van der Waals surface area contributed by atoms with Crippen molar-refractivity contribution in [3.63, 3.8) is 0 Å². The number of hydrogen-bond donors (Lipinski definition) is 2. The van der Waals surface area contributed by atoms with Gasteiger partial charge in [-0.2, -0.15) is 5.10 Å². The summed E-state index contributed by atoms with van der Waals surface area (Å²) in [7, 11) is -3.58. The maximum atomic E-state index is 12.6. The Labute approximate surface area is 129 Å². The van der Waals surface area contributed by atoms with Crippen LogP contribution >= 0.6 is 0 Å². The maximum absolute atomic E-state index is 12.6. The van der Waals surface area contributed by atoms with E-state index in [4.69, 9.17) is 0 Å². The van der Waals surface area contributed by atoms with Gasteiger partial charge in [-0.05, 0) is 23.9 Å². The van der Waals surface area contributed by atoms with E-state index in [0.717, 1.165) is 28.6 Å². The summed E-state index contributed by atoms with van der Waals surface area (Å²) in [5.41, 5.74) is 1.67. The first kappa shape index (κ1) is 14.7. The van der Waals surface area contributed by atoms with Crippen molar-refractivity contribution in [2.75, 3.05) is 0 Å². The SMILES string of the molecule is CCc1cc(CNS(=O)(=O)c2cccc3ccccc23)[nH]n1. The third-order valence-corrected chi connectivity index (χ3v) is 5.00. The number of aromatic amines is 1. The molecule has 2 aromatic carbocycles. The van der Waals surface area contributed by atoms with Gasteiger partial charge in [-0.25, -0.2) is 13.1 Å². The minimum absolute atomic E-state index is 0.193. The molecule has 1 heterocycles. The predicted octanol–water partition coefficient (Wildman–Crippen LogP) is 2.60. The largest absolute Gasteiger partial charge is 0.281 e. The summed E-state index contributed by atoms with van der Waals surface area (Å²) in [6.07, 6.45) is 0.812. The highest BCUT2D eigenvalue weighted by Gasteiger charge is 2.17. The number of fused-ring (bicyclic) bond motifs is 1. The Morgan fingerprint density at radius 3 is 2.68 bits per heavy atom. The smallest absolute Gasteiger partial charge is 0.241 e. The molecule has 0 bridgehead atoms. The summed E-state index contributed by atoms with van der Waals surface area (Å²) in [4.78, 5) is 0.292. The maximum Gasteiger partial charge on any atom is 0.241 e. The summed E-state index contributed by atoms with van der Waals surface area (Å²) in [6.45, 7) is 2.19. The minimum Gasteiger partial charge on any atom is -0.281 e. The van der Waals surface area contributed by atoms with Crippen LogP contribution in [0.3, 0.4) is 0 Å². The number of rotatable bonds is 5. The molecule has 2 N–H and O–H groups in total. The van der Waals surface area contributed by atoms with E-state index < -0.39 is 10.0 Å². The Kier molecular flexibility index (Phi) is 3.96. The van der Waals surface area contributed by atoms with Crippen LogP contribution < -0.4 is 4.72 Å². The van der Waals surface area contributed by atoms with Gasteiger partial charge in [-0.1, -0.05) is 43.3 Å². The van der Waals surface area contributed by atoms with Gasteiger partial charge in [0.15, 0.2) is 0 Å². The zero-order valence-corrected chi connectivity index (χ0v) is 13.0. The molecule has 5 nitrogen and oxygen atoms in total. The topological polar surface area (TPSA) is 74.8 Å². The van der Waals surface area contributed by atoms with Crippen molar-refractivity contribution in [1.29, 1.82) is 0 Å². The molecule has 0 amide bonds. The number of aryl methyl sites for hydroxylation is 1. The van der Waals surface area contributed by atoms with Crippen molar-refractivity contribution < 1.29 is 8.42 Å². The van der Waals surface area contributed by atoms with Crippen LogP contribution in [0.4, 0.5) is 0 Å². The van der Waals surface area contributed by atoms with Crippen LogP contribution in [0.25, 0.3) is 10.8 Å². The molecule has 6 heteroatoms. The van der Waals surface area contributed by atoms with Crippen molar-refractivity contribution in [1.82, 2.24) is 14.9 Å². The van der Waals surface area contributed by atoms with Crippen LogP contribution in [-0.4, -0.2) is 18.6 Å². The average Bonchev–Trinajstić information content (AvgIpc) is 3.00. The lowest BCUT2D eigenvalue weighted by atomic mass is 10.1. The number of aromatic nitrogens is 2. The van der Waals surface area contributed by atoms with Gasteiger partial charge in [0, 0.05) is 5.39 Å². The van der Waals surface area contributed by atoms with Crippen molar-refractivity contribution in [3.05, 3.63) is 59.9 Å². The van der Waals surface area contributed by atoms with Crippen molar-refractivity contribution in [2.24, 2.45) is 0 Å². The normalized spacial score (nSPS) is 11.9. The number of hydrogen-bond acceptors (Lipinski definition) is 3. The van der Waals surface area contributed by atoms with Crippen LogP contribution in [0.15, 0.2) is 53.4 Å². The molecule has 22 heavy (non-hydrogen) atoms. The molecule has 0 aliphatic heterocycles. The average molecular weight is 315 g/mol. The molecule has 0 atom stereocenters. The van der Waals surface area contributed by atoms with Crippen LogP contribution in [0.1, 0.15) is 18.3 Å². The number of sulfonamides is 1. The number of H-pyrrole nitrogens is 1. The molecule has 3 aromatic rings. The molecule has 0 aliphatic carbocycles. The van der Waals surface area contributed by atoms with E-state index >= 15 is 0 Å². The Balaban J connectivity index is 1.88. The molecule has 0 saturated heterocycles. The number of benzene rings is 2. The second-order valence-electron chi connectivity index (χ2n) is 5.04. The van der Waals surface area contributed by atoms with Crippen molar-refractivity contribution >= 4 is 20.8 Å². The fourth-order valence-electron chi connectivity index (χ4n) is 2.36. The van der Waals surface area contributed by atoms with Crippen molar-refractivity contribution in [2.45, 2.75) is 24.8 Å². The van der Waals surface area contributed by atoms with E-state index in [1.807, 2.05) is 43.3 Å². The highest BCUT2D eigenvalue weighted by molar-refractivity contribution is 7.89. The molecule has 114 valence electrons.